The van der Waals surface area contributed by atoms with Gasteiger partial charge in [-0.15, -0.1) is 0 Å². The molecule has 0 spiro atoms. The monoisotopic (exact) mass is 280 g/mol. The Morgan fingerprint density at radius 3 is 2.55 bits per heavy atom. The number of nitrogens with two attached hydrogens (primary N) is 1. The number of benzene rings is 1. The van der Waals surface area contributed by atoms with Crippen LogP contribution < -0.4 is 5.73 Å². The molecule has 112 valence electrons. The van der Waals surface area contributed by atoms with Crippen molar-refractivity contribution in [3.63, 3.8) is 0 Å². The predicted octanol–water partition coefficient (Wildman–Crippen LogP) is 2.72. The molecular weight excluding hydrogens is 255 g/mol. The van der Waals surface area contributed by atoms with Crippen LogP contribution in [0.25, 0.3) is 0 Å². The largest absolute Gasteiger partial charge is 0.378 e. The standard InChI is InChI=1S/C16H25FN2O/c1-13(14-3-5-15(17)6-4-14)19-10-7-16(8-11-19)20-12-2-9-18/h3-6,13,16H,2,7-12,18H2,1H3. The van der Waals surface area contributed by atoms with E-state index in [0.717, 1.165) is 39.0 Å². The summed E-state index contributed by atoms with van der Waals surface area (Å²) in [6, 6.07) is 7.16. The molecule has 2 N–H and O–H groups in total. The van der Waals surface area contributed by atoms with Crippen LogP contribution in [0.3, 0.4) is 0 Å². The molecule has 4 heteroatoms. The van der Waals surface area contributed by atoms with Crippen molar-refractivity contribution in [2.45, 2.75) is 38.3 Å². The van der Waals surface area contributed by atoms with Gasteiger partial charge in [-0.2, -0.15) is 0 Å². The summed E-state index contributed by atoms with van der Waals surface area (Å²) in [5.74, 6) is -0.173. The Morgan fingerprint density at radius 1 is 1.30 bits per heavy atom. The number of nitrogens with zero attached hydrogens (tertiary/aromatic N) is 1. The fraction of sp³-hybridized carbons (Fsp3) is 0.625. The van der Waals surface area contributed by atoms with Gasteiger partial charge in [0.2, 0.25) is 0 Å². The molecule has 0 radical (unpaired) electrons. The van der Waals surface area contributed by atoms with Crippen molar-refractivity contribution in [3.05, 3.63) is 35.6 Å². The number of ether oxygens (including phenoxy) is 1. The summed E-state index contributed by atoms with van der Waals surface area (Å²) < 4.78 is 18.8. The van der Waals surface area contributed by atoms with Gasteiger partial charge >= 0.3 is 0 Å². The van der Waals surface area contributed by atoms with Crippen molar-refractivity contribution in [2.24, 2.45) is 5.73 Å². The maximum Gasteiger partial charge on any atom is 0.123 e. The molecule has 0 aliphatic carbocycles. The van der Waals surface area contributed by atoms with Gasteiger partial charge in [0, 0.05) is 25.7 Å². The molecule has 1 aliphatic rings. The van der Waals surface area contributed by atoms with E-state index in [0.29, 0.717) is 18.7 Å². The highest BCUT2D eigenvalue weighted by Crippen LogP contribution is 2.25. The summed E-state index contributed by atoms with van der Waals surface area (Å²) in [6.07, 6.45) is 3.44. The Bertz CT molecular complexity index is 388. The number of rotatable bonds is 6. The molecule has 0 bridgehead atoms. The van der Waals surface area contributed by atoms with Gasteiger partial charge in [0.15, 0.2) is 0 Å². The lowest BCUT2D eigenvalue weighted by Gasteiger charge is -2.36. The first-order chi connectivity index (χ1) is 9.70. The normalized spacial score (nSPS) is 19.1. The summed E-state index contributed by atoms with van der Waals surface area (Å²) in [4.78, 5) is 2.44. The van der Waals surface area contributed by atoms with Crippen LogP contribution in [0.1, 0.15) is 37.8 Å². The van der Waals surface area contributed by atoms with Gasteiger partial charge in [0.1, 0.15) is 5.82 Å². The second-order valence-corrected chi connectivity index (χ2v) is 5.48. The lowest BCUT2D eigenvalue weighted by atomic mass is 10.0. The highest BCUT2D eigenvalue weighted by atomic mass is 19.1. The number of piperidine rings is 1. The van der Waals surface area contributed by atoms with Gasteiger partial charge in [-0.05, 0) is 50.4 Å². The molecule has 1 aromatic carbocycles. The summed E-state index contributed by atoms with van der Waals surface area (Å²) in [6.45, 7) is 5.72. The van der Waals surface area contributed by atoms with Crippen molar-refractivity contribution >= 4 is 0 Å². The topological polar surface area (TPSA) is 38.5 Å². The Morgan fingerprint density at radius 2 is 1.95 bits per heavy atom. The number of likely N-dealkylation sites (tertiary alicyclic amines) is 1. The minimum absolute atomic E-state index is 0.173. The fourth-order valence-corrected chi connectivity index (χ4v) is 2.72. The fourth-order valence-electron chi connectivity index (χ4n) is 2.72. The average Bonchev–Trinajstić information content (AvgIpc) is 2.48. The predicted molar refractivity (Wildman–Crippen MR) is 79.0 cm³/mol. The summed E-state index contributed by atoms with van der Waals surface area (Å²) in [5.41, 5.74) is 6.64. The summed E-state index contributed by atoms with van der Waals surface area (Å²) >= 11 is 0. The number of hydrogen-bond acceptors (Lipinski definition) is 3. The van der Waals surface area contributed by atoms with E-state index >= 15 is 0 Å². The van der Waals surface area contributed by atoms with Gasteiger partial charge in [-0.3, -0.25) is 4.90 Å². The van der Waals surface area contributed by atoms with Gasteiger partial charge < -0.3 is 10.5 Å². The zero-order valence-corrected chi connectivity index (χ0v) is 12.2. The zero-order chi connectivity index (χ0) is 14.4. The van der Waals surface area contributed by atoms with Crippen molar-refractivity contribution in [2.75, 3.05) is 26.2 Å². The van der Waals surface area contributed by atoms with E-state index in [2.05, 4.69) is 11.8 Å². The zero-order valence-electron chi connectivity index (χ0n) is 12.2. The van der Waals surface area contributed by atoms with E-state index in [1.807, 2.05) is 12.1 Å². The molecule has 1 fully saturated rings. The quantitative estimate of drug-likeness (QED) is 0.814. The van der Waals surface area contributed by atoms with Crippen LogP contribution in [-0.2, 0) is 4.74 Å². The van der Waals surface area contributed by atoms with Crippen LogP contribution in [-0.4, -0.2) is 37.2 Å². The minimum atomic E-state index is -0.173. The van der Waals surface area contributed by atoms with E-state index in [1.54, 1.807) is 0 Å². The van der Waals surface area contributed by atoms with Crippen molar-refractivity contribution in [3.8, 4) is 0 Å². The first-order valence-electron chi connectivity index (χ1n) is 7.52. The summed E-state index contributed by atoms with van der Waals surface area (Å²) in [7, 11) is 0. The second-order valence-electron chi connectivity index (χ2n) is 5.48. The van der Waals surface area contributed by atoms with Crippen LogP contribution in [0, 0.1) is 5.82 Å². The van der Waals surface area contributed by atoms with Crippen molar-refractivity contribution in [1.82, 2.24) is 4.90 Å². The Balaban J connectivity index is 1.79. The lowest BCUT2D eigenvalue weighted by Crippen LogP contribution is -2.38. The molecule has 2 rings (SSSR count). The summed E-state index contributed by atoms with van der Waals surface area (Å²) in [5, 5.41) is 0. The molecule has 0 aromatic heterocycles. The van der Waals surface area contributed by atoms with Gasteiger partial charge in [0.05, 0.1) is 6.10 Å². The SMILES string of the molecule is CC(c1ccc(F)cc1)N1CCC(OCCCN)CC1. The first-order valence-corrected chi connectivity index (χ1v) is 7.52. The maximum atomic E-state index is 13.0. The maximum absolute atomic E-state index is 13.0. The third-order valence-corrected chi connectivity index (χ3v) is 4.08. The second kappa shape index (κ2) is 7.72. The van der Waals surface area contributed by atoms with Crippen LogP contribution in [0.15, 0.2) is 24.3 Å². The van der Waals surface area contributed by atoms with E-state index in [4.69, 9.17) is 10.5 Å². The van der Waals surface area contributed by atoms with E-state index in [-0.39, 0.29) is 5.82 Å². The van der Waals surface area contributed by atoms with Crippen molar-refractivity contribution in [1.29, 1.82) is 0 Å². The Hall–Kier alpha value is -0.970. The lowest BCUT2D eigenvalue weighted by molar-refractivity contribution is -0.000750. The third kappa shape index (κ3) is 4.27. The van der Waals surface area contributed by atoms with Gasteiger partial charge in [0.25, 0.3) is 0 Å². The van der Waals surface area contributed by atoms with E-state index in [1.165, 1.54) is 17.7 Å². The molecular formula is C16H25FN2O. The Kier molecular flexibility index (Phi) is 5.95. The van der Waals surface area contributed by atoms with Gasteiger partial charge in [-0.1, -0.05) is 12.1 Å². The highest BCUT2D eigenvalue weighted by molar-refractivity contribution is 5.19. The highest BCUT2D eigenvalue weighted by Gasteiger charge is 2.23. The molecule has 0 amide bonds. The minimum Gasteiger partial charge on any atom is -0.378 e. The molecule has 1 aliphatic heterocycles. The van der Waals surface area contributed by atoms with Crippen molar-refractivity contribution < 1.29 is 9.13 Å². The molecule has 20 heavy (non-hydrogen) atoms. The van der Waals surface area contributed by atoms with Crippen LogP contribution >= 0.6 is 0 Å². The van der Waals surface area contributed by atoms with Crippen LogP contribution in [0.4, 0.5) is 4.39 Å². The van der Waals surface area contributed by atoms with E-state index in [9.17, 15) is 4.39 Å². The number of hydrogen-bond donors (Lipinski definition) is 1. The molecule has 1 aromatic rings. The number of halogens is 1. The molecule has 1 heterocycles. The van der Waals surface area contributed by atoms with Crippen LogP contribution in [0.5, 0.6) is 0 Å². The third-order valence-electron chi connectivity index (χ3n) is 4.08. The molecule has 1 unspecified atom stereocenters. The first kappa shape index (κ1) is 15.4. The molecule has 1 saturated heterocycles. The average molecular weight is 280 g/mol. The van der Waals surface area contributed by atoms with Gasteiger partial charge in [-0.25, -0.2) is 4.39 Å². The smallest absolute Gasteiger partial charge is 0.123 e. The molecule has 0 saturated carbocycles. The molecule has 1 atom stereocenters. The van der Waals surface area contributed by atoms with E-state index < -0.39 is 0 Å². The van der Waals surface area contributed by atoms with Crippen LogP contribution in [0.2, 0.25) is 0 Å². The molecule has 3 nitrogen and oxygen atoms in total. The Labute approximate surface area is 120 Å².